The zero-order valence-electron chi connectivity index (χ0n) is 14.2. The highest BCUT2D eigenvalue weighted by Gasteiger charge is 2.13. The van der Waals surface area contributed by atoms with Gasteiger partial charge in [-0.1, -0.05) is 36.7 Å². The lowest BCUT2D eigenvalue weighted by Crippen LogP contribution is -2.14. The van der Waals surface area contributed by atoms with Crippen LogP contribution in [0.4, 0.5) is 5.69 Å². The molecule has 1 amide bonds. The number of anilines is 1. The smallest absolute Gasteiger partial charge is 0.266 e. The van der Waals surface area contributed by atoms with E-state index in [0.29, 0.717) is 28.6 Å². The molecular weight excluding hydrogens is 336 g/mol. The highest BCUT2D eigenvalue weighted by atomic mass is 35.5. The Morgan fingerprint density at radius 1 is 1.28 bits per heavy atom. The van der Waals surface area contributed by atoms with Gasteiger partial charge in [0, 0.05) is 16.3 Å². The van der Waals surface area contributed by atoms with E-state index >= 15 is 0 Å². The number of hydrogen-bond acceptors (Lipinski definition) is 3. The molecule has 0 aliphatic heterocycles. The van der Waals surface area contributed by atoms with Crippen molar-refractivity contribution in [3.63, 3.8) is 0 Å². The van der Waals surface area contributed by atoms with E-state index < -0.39 is 5.91 Å². The molecule has 1 N–H and O–H groups in total. The number of nitrogens with zero attached hydrogens (tertiary/aromatic N) is 1. The summed E-state index contributed by atoms with van der Waals surface area (Å²) in [6.07, 6.45) is 2.27. The Morgan fingerprint density at radius 2 is 2.04 bits per heavy atom. The average molecular weight is 355 g/mol. The van der Waals surface area contributed by atoms with Crippen LogP contribution in [0.1, 0.15) is 25.0 Å². The number of nitrogens with one attached hydrogen (secondary N) is 1. The maximum atomic E-state index is 12.5. The number of ether oxygens (including phenoxy) is 1. The van der Waals surface area contributed by atoms with Crippen molar-refractivity contribution < 1.29 is 9.53 Å². The van der Waals surface area contributed by atoms with Crippen LogP contribution >= 0.6 is 11.6 Å². The molecule has 0 bridgehead atoms. The standard InChI is InChI=1S/C20H19ClN2O2/c1-3-14-7-5-6-8-18(14)23-20(24)16(13-22)11-15-12-17(21)9-10-19(15)25-4-2/h5-12H,3-4H2,1-2H3,(H,23,24)/b16-11+. The molecule has 0 saturated carbocycles. The summed E-state index contributed by atoms with van der Waals surface area (Å²) in [4.78, 5) is 12.5. The second-order valence-electron chi connectivity index (χ2n) is 5.25. The second-order valence-corrected chi connectivity index (χ2v) is 5.69. The van der Waals surface area contributed by atoms with Crippen molar-refractivity contribution in [3.8, 4) is 11.8 Å². The number of aryl methyl sites for hydroxylation is 1. The third kappa shape index (κ3) is 4.85. The van der Waals surface area contributed by atoms with E-state index in [1.54, 1.807) is 18.2 Å². The second kappa shape index (κ2) is 8.91. The van der Waals surface area contributed by atoms with E-state index in [1.165, 1.54) is 6.08 Å². The maximum Gasteiger partial charge on any atom is 0.266 e. The van der Waals surface area contributed by atoms with Gasteiger partial charge in [0.2, 0.25) is 0 Å². The molecule has 0 unspecified atom stereocenters. The Hall–Kier alpha value is -2.77. The minimum Gasteiger partial charge on any atom is -0.493 e. The molecule has 0 spiro atoms. The molecule has 4 nitrogen and oxygen atoms in total. The molecule has 0 heterocycles. The van der Waals surface area contributed by atoms with E-state index in [1.807, 2.05) is 44.2 Å². The number of halogens is 1. The number of hydrogen-bond donors (Lipinski definition) is 1. The molecule has 0 aromatic heterocycles. The van der Waals surface area contributed by atoms with E-state index in [0.717, 1.165) is 12.0 Å². The highest BCUT2D eigenvalue weighted by molar-refractivity contribution is 6.30. The van der Waals surface area contributed by atoms with Gasteiger partial charge < -0.3 is 10.1 Å². The van der Waals surface area contributed by atoms with Crippen LogP contribution in [0.2, 0.25) is 5.02 Å². The summed E-state index contributed by atoms with van der Waals surface area (Å²) in [5.41, 5.74) is 2.28. The third-order valence-corrected chi connectivity index (χ3v) is 3.82. The Bertz CT molecular complexity index is 838. The molecule has 0 radical (unpaired) electrons. The summed E-state index contributed by atoms with van der Waals surface area (Å²) >= 11 is 6.02. The van der Waals surface area contributed by atoms with Crippen LogP contribution in [0.25, 0.3) is 6.08 Å². The van der Waals surface area contributed by atoms with Gasteiger partial charge in [0.05, 0.1) is 6.61 Å². The molecule has 2 aromatic carbocycles. The van der Waals surface area contributed by atoms with Crippen molar-refractivity contribution in [1.82, 2.24) is 0 Å². The number of carbonyl (C=O) groups excluding carboxylic acids is 1. The fourth-order valence-corrected chi connectivity index (χ4v) is 2.54. The minimum absolute atomic E-state index is 0.0193. The van der Waals surface area contributed by atoms with Crippen LogP contribution in [0, 0.1) is 11.3 Å². The van der Waals surface area contributed by atoms with Gasteiger partial charge in [-0.25, -0.2) is 0 Å². The quantitative estimate of drug-likeness (QED) is 0.596. The van der Waals surface area contributed by atoms with Crippen molar-refractivity contribution >= 4 is 29.3 Å². The zero-order chi connectivity index (χ0) is 18.2. The lowest BCUT2D eigenvalue weighted by Gasteiger charge is -2.10. The maximum absolute atomic E-state index is 12.5. The van der Waals surface area contributed by atoms with Crippen LogP contribution in [0.5, 0.6) is 5.75 Å². The van der Waals surface area contributed by atoms with Crippen molar-refractivity contribution in [2.24, 2.45) is 0 Å². The summed E-state index contributed by atoms with van der Waals surface area (Å²) in [6.45, 7) is 4.34. The Kier molecular flexibility index (Phi) is 6.62. The summed E-state index contributed by atoms with van der Waals surface area (Å²) < 4.78 is 5.53. The molecule has 0 aliphatic rings. The number of rotatable bonds is 6. The topological polar surface area (TPSA) is 62.1 Å². The third-order valence-electron chi connectivity index (χ3n) is 3.58. The van der Waals surface area contributed by atoms with Crippen molar-refractivity contribution in [2.45, 2.75) is 20.3 Å². The summed E-state index contributed by atoms with van der Waals surface area (Å²) in [7, 11) is 0. The number of nitriles is 1. The molecular formula is C20H19ClN2O2. The fourth-order valence-electron chi connectivity index (χ4n) is 2.36. The van der Waals surface area contributed by atoms with Crippen LogP contribution in [0.15, 0.2) is 48.0 Å². The largest absolute Gasteiger partial charge is 0.493 e. The number of carbonyl (C=O) groups is 1. The van der Waals surface area contributed by atoms with Gasteiger partial charge >= 0.3 is 0 Å². The lowest BCUT2D eigenvalue weighted by molar-refractivity contribution is -0.112. The minimum atomic E-state index is -0.467. The molecule has 128 valence electrons. The van der Waals surface area contributed by atoms with Crippen LogP contribution in [-0.4, -0.2) is 12.5 Å². The van der Waals surface area contributed by atoms with Gasteiger partial charge in [0.25, 0.3) is 5.91 Å². The highest BCUT2D eigenvalue weighted by Crippen LogP contribution is 2.26. The normalized spacial score (nSPS) is 10.9. The summed E-state index contributed by atoms with van der Waals surface area (Å²) in [5.74, 6) is 0.104. The Balaban J connectivity index is 2.33. The van der Waals surface area contributed by atoms with E-state index in [-0.39, 0.29) is 5.57 Å². The van der Waals surface area contributed by atoms with Gasteiger partial charge in [-0.15, -0.1) is 0 Å². The van der Waals surface area contributed by atoms with Crippen molar-refractivity contribution in [2.75, 3.05) is 11.9 Å². The van der Waals surface area contributed by atoms with Crippen LogP contribution in [0.3, 0.4) is 0 Å². The molecule has 0 fully saturated rings. The first-order valence-corrected chi connectivity index (χ1v) is 8.40. The molecule has 0 aliphatic carbocycles. The summed E-state index contributed by atoms with van der Waals surface area (Å²) in [6, 6.07) is 14.5. The predicted octanol–water partition coefficient (Wildman–Crippen LogP) is 4.85. The number of amides is 1. The molecule has 2 rings (SSSR count). The van der Waals surface area contributed by atoms with Crippen molar-refractivity contribution in [3.05, 3.63) is 64.2 Å². The monoisotopic (exact) mass is 354 g/mol. The average Bonchev–Trinajstić information content (AvgIpc) is 2.62. The molecule has 5 heteroatoms. The lowest BCUT2D eigenvalue weighted by atomic mass is 10.1. The summed E-state index contributed by atoms with van der Waals surface area (Å²) in [5, 5.41) is 12.7. The van der Waals surface area contributed by atoms with Gasteiger partial charge in [0.1, 0.15) is 17.4 Å². The molecule has 2 aromatic rings. The van der Waals surface area contributed by atoms with Crippen LogP contribution < -0.4 is 10.1 Å². The number of para-hydroxylation sites is 1. The molecule has 25 heavy (non-hydrogen) atoms. The SMILES string of the molecule is CCOc1ccc(Cl)cc1/C=C(\C#N)C(=O)Nc1ccccc1CC. The van der Waals surface area contributed by atoms with Crippen molar-refractivity contribution in [1.29, 1.82) is 5.26 Å². The van der Waals surface area contributed by atoms with Gasteiger partial charge in [-0.3, -0.25) is 4.79 Å². The fraction of sp³-hybridized carbons (Fsp3) is 0.200. The molecule has 0 saturated heterocycles. The van der Waals surface area contributed by atoms with Gasteiger partial charge in [-0.2, -0.15) is 5.26 Å². The molecule has 0 atom stereocenters. The Morgan fingerprint density at radius 3 is 2.72 bits per heavy atom. The zero-order valence-corrected chi connectivity index (χ0v) is 14.9. The van der Waals surface area contributed by atoms with E-state index in [2.05, 4.69) is 5.32 Å². The number of benzene rings is 2. The van der Waals surface area contributed by atoms with Gasteiger partial charge in [-0.05, 0) is 49.2 Å². The predicted molar refractivity (Wildman–Crippen MR) is 101 cm³/mol. The van der Waals surface area contributed by atoms with Crippen LogP contribution in [-0.2, 0) is 11.2 Å². The van der Waals surface area contributed by atoms with E-state index in [4.69, 9.17) is 16.3 Å². The Labute approximate surface area is 152 Å². The van der Waals surface area contributed by atoms with Gasteiger partial charge in [0.15, 0.2) is 0 Å². The first-order chi connectivity index (χ1) is 12.1. The van der Waals surface area contributed by atoms with E-state index in [9.17, 15) is 10.1 Å². The first-order valence-electron chi connectivity index (χ1n) is 8.02. The first kappa shape index (κ1) is 18.6.